The Balaban J connectivity index is 1.89. The molecule has 26 heavy (non-hydrogen) atoms. The van der Waals surface area contributed by atoms with Crippen LogP contribution in [-0.4, -0.2) is 34.1 Å². The number of hydrogen-bond donors (Lipinski definition) is 1. The van der Waals surface area contributed by atoms with Crippen LogP contribution in [0.25, 0.3) is 6.08 Å². The third-order valence-electron chi connectivity index (χ3n) is 3.98. The number of halogens is 1. The highest BCUT2D eigenvalue weighted by Gasteiger charge is 2.35. The van der Waals surface area contributed by atoms with Crippen molar-refractivity contribution in [1.29, 1.82) is 5.41 Å². The van der Waals surface area contributed by atoms with Crippen LogP contribution in [0.2, 0.25) is 0 Å². The van der Waals surface area contributed by atoms with Crippen molar-refractivity contribution in [2.24, 2.45) is 10.1 Å². The molecule has 1 aromatic rings. The topological polar surface area (TPSA) is 78.1 Å². The van der Waals surface area contributed by atoms with Gasteiger partial charge in [-0.1, -0.05) is 35.7 Å². The van der Waals surface area contributed by atoms with Crippen molar-refractivity contribution in [3.05, 3.63) is 33.8 Å². The lowest BCUT2D eigenvalue weighted by Crippen LogP contribution is -2.35. The molecule has 8 heteroatoms. The lowest BCUT2D eigenvalue weighted by Gasteiger charge is -2.20. The van der Waals surface area contributed by atoms with Crippen LogP contribution in [0.1, 0.15) is 38.2 Å². The fourth-order valence-electron chi connectivity index (χ4n) is 2.63. The lowest BCUT2D eigenvalue weighted by molar-refractivity contribution is -0.114. The summed E-state index contributed by atoms with van der Waals surface area (Å²) in [5.74, 6) is 0.233. The van der Waals surface area contributed by atoms with E-state index in [9.17, 15) is 4.79 Å². The number of amides is 1. The Morgan fingerprint density at radius 1 is 1.38 bits per heavy atom. The number of carbonyl (C=O) groups excluding carboxylic acids is 1. The molecule has 2 aliphatic rings. The second kappa shape index (κ2) is 8.18. The second-order valence-corrected chi connectivity index (χ2v) is 7.81. The average molecular weight is 435 g/mol. The minimum atomic E-state index is -0.430. The van der Waals surface area contributed by atoms with Gasteiger partial charge >= 0.3 is 0 Å². The van der Waals surface area contributed by atoms with Crippen molar-refractivity contribution < 1.29 is 9.53 Å². The van der Waals surface area contributed by atoms with Gasteiger partial charge in [-0.05, 0) is 48.9 Å². The number of nitrogens with zero attached hydrogens (tertiary/aromatic N) is 3. The summed E-state index contributed by atoms with van der Waals surface area (Å²) in [6.45, 7) is 2.15. The quantitative estimate of drug-likeness (QED) is 0.521. The second-order valence-electron chi connectivity index (χ2n) is 5.86. The largest absolute Gasteiger partial charge is 0.496 e. The summed E-state index contributed by atoms with van der Waals surface area (Å²) >= 11 is 4.79. The van der Waals surface area contributed by atoms with Crippen LogP contribution >= 0.6 is 27.7 Å². The van der Waals surface area contributed by atoms with Crippen LogP contribution in [0.5, 0.6) is 5.75 Å². The number of ether oxygens (including phenoxy) is 1. The molecule has 0 aromatic heterocycles. The fraction of sp³-hybridized carbons (Fsp3) is 0.333. The van der Waals surface area contributed by atoms with E-state index in [1.807, 2.05) is 12.1 Å². The number of thioether (sulfide) groups is 1. The summed E-state index contributed by atoms with van der Waals surface area (Å²) in [7, 11) is 1.57. The molecule has 1 aromatic carbocycles. The van der Waals surface area contributed by atoms with Gasteiger partial charge in [0, 0.05) is 10.0 Å². The van der Waals surface area contributed by atoms with Gasteiger partial charge in [0.25, 0.3) is 5.91 Å². The van der Waals surface area contributed by atoms with Gasteiger partial charge in [0.05, 0.1) is 12.7 Å². The zero-order valence-corrected chi connectivity index (χ0v) is 17.0. The zero-order chi connectivity index (χ0) is 18.7. The van der Waals surface area contributed by atoms with E-state index in [4.69, 9.17) is 10.1 Å². The standard InChI is InChI=1S/C18H19BrN4O2S/c1-3-4-5-6-15-22-23-16(20)13(17(24)21-18(23)26-15)10-11-9-12(19)7-8-14(11)25-2/h7-10,20H,3-6H2,1-2H3/b13-10-,20-16?. The van der Waals surface area contributed by atoms with Gasteiger partial charge in [0.2, 0.25) is 5.17 Å². The molecule has 1 N–H and O–H groups in total. The van der Waals surface area contributed by atoms with Crippen LogP contribution in [0.15, 0.2) is 38.3 Å². The predicted molar refractivity (Wildman–Crippen MR) is 110 cm³/mol. The summed E-state index contributed by atoms with van der Waals surface area (Å²) < 4.78 is 6.20. The summed E-state index contributed by atoms with van der Waals surface area (Å²) in [4.78, 5) is 16.6. The van der Waals surface area contributed by atoms with E-state index in [0.29, 0.717) is 16.5 Å². The SMILES string of the molecule is CCCCCC1=NN2C(=N)/C(=C/c3cc(Br)ccc3OC)C(=O)N=C2S1. The van der Waals surface area contributed by atoms with E-state index in [-0.39, 0.29) is 11.4 Å². The molecule has 0 aliphatic carbocycles. The summed E-state index contributed by atoms with van der Waals surface area (Å²) in [5.41, 5.74) is 0.900. The molecule has 0 atom stereocenters. The number of fused-ring (bicyclic) bond motifs is 1. The molecule has 2 aliphatic heterocycles. The van der Waals surface area contributed by atoms with E-state index in [2.05, 4.69) is 32.9 Å². The van der Waals surface area contributed by atoms with Gasteiger partial charge in [-0.2, -0.15) is 15.1 Å². The first kappa shape index (κ1) is 18.8. The smallest absolute Gasteiger partial charge is 0.283 e. The van der Waals surface area contributed by atoms with Gasteiger partial charge in [0.1, 0.15) is 10.8 Å². The first-order valence-electron chi connectivity index (χ1n) is 8.36. The number of unbranched alkanes of at least 4 members (excludes halogenated alkanes) is 2. The minimum absolute atomic E-state index is 0.0417. The molecule has 0 spiro atoms. The maximum absolute atomic E-state index is 12.5. The molecule has 0 bridgehead atoms. The predicted octanol–water partition coefficient (Wildman–Crippen LogP) is 4.66. The van der Waals surface area contributed by atoms with Gasteiger partial charge in [-0.3, -0.25) is 10.2 Å². The van der Waals surface area contributed by atoms with E-state index >= 15 is 0 Å². The molecule has 6 nitrogen and oxygen atoms in total. The van der Waals surface area contributed by atoms with Crippen LogP contribution < -0.4 is 4.74 Å². The Morgan fingerprint density at radius 3 is 2.92 bits per heavy atom. The number of aliphatic imine (C=N–C) groups is 1. The molecular weight excluding hydrogens is 416 g/mol. The Labute approximate surface area is 165 Å². The van der Waals surface area contributed by atoms with Crippen LogP contribution in [0, 0.1) is 5.41 Å². The fourth-order valence-corrected chi connectivity index (χ4v) is 3.94. The molecule has 0 radical (unpaired) electrons. The third-order valence-corrected chi connectivity index (χ3v) is 5.44. The molecule has 136 valence electrons. The van der Waals surface area contributed by atoms with Crippen molar-refractivity contribution in [2.75, 3.05) is 7.11 Å². The normalized spacial score (nSPS) is 18.1. The van der Waals surface area contributed by atoms with E-state index < -0.39 is 5.91 Å². The van der Waals surface area contributed by atoms with Gasteiger partial charge < -0.3 is 4.74 Å². The monoisotopic (exact) mass is 434 g/mol. The van der Waals surface area contributed by atoms with E-state index in [0.717, 1.165) is 35.2 Å². The van der Waals surface area contributed by atoms with Gasteiger partial charge in [0.15, 0.2) is 5.84 Å². The van der Waals surface area contributed by atoms with Crippen LogP contribution in [0.4, 0.5) is 0 Å². The lowest BCUT2D eigenvalue weighted by atomic mass is 10.1. The molecule has 0 unspecified atom stereocenters. The molecule has 0 fully saturated rings. The molecular formula is C18H19BrN4O2S. The Bertz CT molecular complexity index is 848. The Morgan fingerprint density at radius 2 is 2.19 bits per heavy atom. The van der Waals surface area contributed by atoms with E-state index in [1.165, 1.54) is 16.8 Å². The summed E-state index contributed by atoms with van der Waals surface area (Å²) in [6, 6.07) is 5.50. The van der Waals surface area contributed by atoms with E-state index in [1.54, 1.807) is 19.3 Å². The van der Waals surface area contributed by atoms with Crippen molar-refractivity contribution in [1.82, 2.24) is 5.01 Å². The van der Waals surface area contributed by atoms with Gasteiger partial charge in [-0.25, -0.2) is 0 Å². The number of nitrogens with one attached hydrogen (secondary N) is 1. The Hall–Kier alpha value is -1.93. The average Bonchev–Trinajstić information content (AvgIpc) is 3.02. The molecule has 0 saturated carbocycles. The third kappa shape index (κ3) is 3.91. The number of carbonyl (C=O) groups is 1. The number of rotatable bonds is 6. The number of benzene rings is 1. The maximum Gasteiger partial charge on any atom is 0.283 e. The molecule has 0 saturated heterocycles. The number of methoxy groups -OCH3 is 1. The molecule has 3 rings (SSSR count). The zero-order valence-electron chi connectivity index (χ0n) is 14.6. The maximum atomic E-state index is 12.5. The van der Waals surface area contributed by atoms with Crippen molar-refractivity contribution in [3.63, 3.8) is 0 Å². The number of amidine groups is 2. The number of hydrogen-bond acceptors (Lipinski definition) is 5. The van der Waals surface area contributed by atoms with Crippen molar-refractivity contribution >= 4 is 55.7 Å². The summed E-state index contributed by atoms with van der Waals surface area (Å²) in [6.07, 6.45) is 5.79. The molecule has 2 heterocycles. The highest BCUT2D eigenvalue weighted by atomic mass is 79.9. The van der Waals surface area contributed by atoms with Crippen LogP contribution in [-0.2, 0) is 4.79 Å². The van der Waals surface area contributed by atoms with Crippen molar-refractivity contribution in [3.8, 4) is 5.75 Å². The Kier molecular flexibility index (Phi) is 5.93. The van der Waals surface area contributed by atoms with Gasteiger partial charge in [-0.15, -0.1) is 0 Å². The van der Waals surface area contributed by atoms with Crippen molar-refractivity contribution in [2.45, 2.75) is 32.6 Å². The van der Waals surface area contributed by atoms with Crippen LogP contribution in [0.3, 0.4) is 0 Å². The minimum Gasteiger partial charge on any atom is -0.496 e. The summed E-state index contributed by atoms with van der Waals surface area (Å²) in [5, 5.41) is 15.7. The highest BCUT2D eigenvalue weighted by Crippen LogP contribution is 2.31. The highest BCUT2D eigenvalue weighted by molar-refractivity contribution is 9.10. The molecule has 1 amide bonds. The number of hydrazone groups is 1. The first-order valence-corrected chi connectivity index (χ1v) is 9.97. The first-order chi connectivity index (χ1) is 12.5.